The monoisotopic (exact) mass is 232 g/mol. The number of nitriles is 1. The Labute approximate surface area is 93.9 Å². The summed E-state index contributed by atoms with van der Waals surface area (Å²) in [4.78, 5) is 15.4. The molecule has 1 amide bonds. The summed E-state index contributed by atoms with van der Waals surface area (Å²) in [6.07, 6.45) is 1.33. The molecule has 0 radical (unpaired) electrons. The van der Waals surface area contributed by atoms with Crippen LogP contribution in [0.3, 0.4) is 0 Å². The SMILES string of the molecule is N#Cc1ccc(C(=O)Nc2nnns2)nc1. The first-order chi connectivity index (χ1) is 7.79. The van der Waals surface area contributed by atoms with Gasteiger partial charge in [0.2, 0.25) is 5.13 Å². The van der Waals surface area contributed by atoms with E-state index in [1.165, 1.54) is 18.3 Å². The van der Waals surface area contributed by atoms with E-state index >= 15 is 0 Å². The van der Waals surface area contributed by atoms with Crippen LogP contribution in [0, 0.1) is 11.3 Å². The summed E-state index contributed by atoms with van der Waals surface area (Å²) < 4.78 is 3.50. The van der Waals surface area contributed by atoms with Crippen molar-refractivity contribution >= 4 is 22.6 Å². The zero-order chi connectivity index (χ0) is 11.4. The molecule has 2 aromatic rings. The number of anilines is 1. The Bertz CT molecular complexity index is 529. The van der Waals surface area contributed by atoms with E-state index in [2.05, 4.69) is 25.1 Å². The third-order valence-corrected chi connectivity index (χ3v) is 2.16. The molecule has 2 heterocycles. The molecule has 16 heavy (non-hydrogen) atoms. The molecule has 0 unspecified atom stereocenters. The third kappa shape index (κ3) is 2.15. The standard InChI is InChI=1S/C8H4N6OS/c9-3-5-1-2-6(10-4-5)7(15)11-8-12-13-14-16-8/h1-2,4H,(H,11,12,14,15). The van der Waals surface area contributed by atoms with Gasteiger partial charge >= 0.3 is 0 Å². The Hall–Kier alpha value is -2.40. The maximum Gasteiger partial charge on any atom is 0.276 e. The fraction of sp³-hybridized carbons (Fsp3) is 0. The van der Waals surface area contributed by atoms with Crippen LogP contribution < -0.4 is 5.32 Å². The molecule has 0 atom stereocenters. The van der Waals surface area contributed by atoms with Crippen molar-refractivity contribution < 1.29 is 4.79 Å². The molecule has 0 aromatic carbocycles. The minimum absolute atomic E-state index is 0.203. The lowest BCUT2D eigenvalue weighted by Crippen LogP contribution is -2.13. The van der Waals surface area contributed by atoms with Crippen molar-refractivity contribution in [2.45, 2.75) is 0 Å². The summed E-state index contributed by atoms with van der Waals surface area (Å²) in [6.45, 7) is 0. The highest BCUT2D eigenvalue weighted by Gasteiger charge is 2.09. The molecule has 0 aliphatic carbocycles. The van der Waals surface area contributed by atoms with Crippen LogP contribution in [0.15, 0.2) is 18.3 Å². The second-order valence-corrected chi connectivity index (χ2v) is 3.40. The number of aromatic nitrogens is 4. The lowest BCUT2D eigenvalue weighted by molar-refractivity contribution is 0.102. The van der Waals surface area contributed by atoms with E-state index < -0.39 is 5.91 Å². The number of carbonyl (C=O) groups is 1. The summed E-state index contributed by atoms with van der Waals surface area (Å²) in [7, 11) is 0. The predicted molar refractivity (Wildman–Crippen MR) is 54.6 cm³/mol. The highest BCUT2D eigenvalue weighted by atomic mass is 32.1. The second-order valence-electron chi connectivity index (χ2n) is 2.67. The fourth-order valence-electron chi connectivity index (χ4n) is 0.937. The van der Waals surface area contributed by atoms with Crippen molar-refractivity contribution in [1.29, 1.82) is 5.26 Å². The first kappa shape index (κ1) is 10.1. The van der Waals surface area contributed by atoms with Gasteiger partial charge in [0.15, 0.2) is 0 Å². The summed E-state index contributed by atoms with van der Waals surface area (Å²) in [6, 6.07) is 4.89. The van der Waals surface area contributed by atoms with Crippen molar-refractivity contribution in [2.75, 3.05) is 5.32 Å². The van der Waals surface area contributed by atoms with Gasteiger partial charge in [-0.2, -0.15) is 5.26 Å². The Morgan fingerprint density at radius 3 is 2.94 bits per heavy atom. The van der Waals surface area contributed by atoms with Gasteiger partial charge in [-0.05, 0) is 17.3 Å². The molecule has 2 rings (SSSR count). The lowest BCUT2D eigenvalue weighted by Gasteiger charge is -1.98. The fourth-order valence-corrected chi connectivity index (χ4v) is 1.30. The minimum atomic E-state index is -0.414. The molecule has 7 nitrogen and oxygen atoms in total. The van der Waals surface area contributed by atoms with Crippen LogP contribution in [0.25, 0.3) is 0 Å². The van der Waals surface area contributed by atoms with Gasteiger partial charge in [0.25, 0.3) is 5.91 Å². The van der Waals surface area contributed by atoms with Crippen LogP contribution in [-0.2, 0) is 0 Å². The van der Waals surface area contributed by atoms with Crippen LogP contribution in [0.5, 0.6) is 0 Å². The number of hydrogen-bond acceptors (Lipinski definition) is 7. The lowest BCUT2D eigenvalue weighted by atomic mass is 10.2. The Balaban J connectivity index is 2.12. The van der Waals surface area contributed by atoms with Gasteiger partial charge in [-0.1, -0.05) is 9.59 Å². The van der Waals surface area contributed by atoms with Crippen LogP contribution in [-0.4, -0.2) is 25.7 Å². The third-order valence-electron chi connectivity index (χ3n) is 1.65. The number of amides is 1. The number of pyridine rings is 1. The average molecular weight is 232 g/mol. The number of nitrogens with one attached hydrogen (secondary N) is 1. The van der Waals surface area contributed by atoms with E-state index in [1.54, 1.807) is 0 Å². The molecule has 0 spiro atoms. The van der Waals surface area contributed by atoms with E-state index in [9.17, 15) is 4.79 Å². The molecule has 1 N–H and O–H groups in total. The Morgan fingerprint density at radius 2 is 2.38 bits per heavy atom. The van der Waals surface area contributed by atoms with Crippen molar-refractivity contribution in [3.8, 4) is 6.07 Å². The number of carbonyl (C=O) groups excluding carboxylic acids is 1. The van der Waals surface area contributed by atoms with E-state index in [1.807, 2.05) is 6.07 Å². The normalized spacial score (nSPS) is 9.44. The van der Waals surface area contributed by atoms with E-state index in [-0.39, 0.29) is 5.69 Å². The zero-order valence-corrected chi connectivity index (χ0v) is 8.60. The smallest absolute Gasteiger partial charge is 0.276 e. The number of nitrogens with zero attached hydrogens (tertiary/aromatic N) is 5. The van der Waals surface area contributed by atoms with E-state index in [0.717, 1.165) is 11.5 Å². The molecule has 0 fully saturated rings. The Kier molecular flexibility index (Phi) is 2.79. The number of rotatable bonds is 2. The Morgan fingerprint density at radius 1 is 1.50 bits per heavy atom. The van der Waals surface area contributed by atoms with Gasteiger partial charge in [0.05, 0.1) is 5.56 Å². The van der Waals surface area contributed by atoms with Crippen LogP contribution in [0.2, 0.25) is 0 Å². The summed E-state index contributed by atoms with van der Waals surface area (Å²) in [5.74, 6) is -0.414. The molecule has 0 aliphatic heterocycles. The van der Waals surface area contributed by atoms with E-state index in [0.29, 0.717) is 10.7 Å². The predicted octanol–water partition coefficient (Wildman–Crippen LogP) is 0.452. The van der Waals surface area contributed by atoms with Crippen molar-refractivity contribution in [3.63, 3.8) is 0 Å². The molecule has 0 saturated heterocycles. The van der Waals surface area contributed by atoms with Gasteiger partial charge in [-0.25, -0.2) is 4.98 Å². The van der Waals surface area contributed by atoms with Crippen molar-refractivity contribution in [1.82, 2.24) is 19.8 Å². The second kappa shape index (κ2) is 4.41. The molecule has 78 valence electrons. The quantitative estimate of drug-likeness (QED) is 0.806. The topological polar surface area (TPSA) is 104 Å². The van der Waals surface area contributed by atoms with Crippen LogP contribution >= 0.6 is 11.5 Å². The van der Waals surface area contributed by atoms with Crippen molar-refractivity contribution in [3.05, 3.63) is 29.6 Å². The largest absolute Gasteiger partial charge is 0.294 e. The van der Waals surface area contributed by atoms with Gasteiger partial charge in [-0.3, -0.25) is 10.1 Å². The van der Waals surface area contributed by atoms with E-state index in [4.69, 9.17) is 5.26 Å². The summed E-state index contributed by atoms with van der Waals surface area (Å²) >= 11 is 0.969. The highest BCUT2D eigenvalue weighted by Crippen LogP contribution is 2.07. The number of hydrogen-bond donors (Lipinski definition) is 1. The molecule has 8 heteroatoms. The summed E-state index contributed by atoms with van der Waals surface area (Å²) in [5.41, 5.74) is 0.600. The minimum Gasteiger partial charge on any atom is -0.294 e. The summed E-state index contributed by atoms with van der Waals surface area (Å²) in [5, 5.41) is 18.2. The molecule has 2 aromatic heterocycles. The molecular weight excluding hydrogens is 228 g/mol. The molecule has 0 saturated carbocycles. The highest BCUT2D eigenvalue weighted by molar-refractivity contribution is 7.09. The van der Waals surface area contributed by atoms with Gasteiger partial charge in [0.1, 0.15) is 11.8 Å². The molecule has 0 aliphatic rings. The van der Waals surface area contributed by atoms with Gasteiger partial charge < -0.3 is 0 Å². The first-order valence-electron chi connectivity index (χ1n) is 4.12. The first-order valence-corrected chi connectivity index (χ1v) is 4.89. The van der Waals surface area contributed by atoms with Crippen LogP contribution in [0.1, 0.15) is 16.1 Å². The van der Waals surface area contributed by atoms with Crippen molar-refractivity contribution in [2.24, 2.45) is 0 Å². The average Bonchev–Trinajstić information content (AvgIpc) is 2.82. The maximum absolute atomic E-state index is 11.6. The zero-order valence-electron chi connectivity index (χ0n) is 7.78. The van der Waals surface area contributed by atoms with Gasteiger partial charge in [0, 0.05) is 17.7 Å². The van der Waals surface area contributed by atoms with Gasteiger partial charge in [-0.15, -0.1) is 0 Å². The molecular formula is C8H4N6OS. The molecule has 0 bridgehead atoms. The van der Waals surface area contributed by atoms with Crippen LogP contribution in [0.4, 0.5) is 5.13 Å². The maximum atomic E-state index is 11.6.